The lowest BCUT2D eigenvalue weighted by molar-refractivity contribution is 0.122. The molecule has 4 rings (SSSR count). The van der Waals surface area contributed by atoms with Crippen molar-refractivity contribution in [2.75, 3.05) is 49.2 Å². The molecule has 0 bridgehead atoms. The highest BCUT2D eigenvalue weighted by molar-refractivity contribution is 5.43. The van der Waals surface area contributed by atoms with Gasteiger partial charge in [-0.05, 0) is 32.8 Å². The molecule has 0 amide bonds. The fraction of sp³-hybridized carbons (Fsp3) is 0.680. The molecule has 0 saturated carbocycles. The summed E-state index contributed by atoms with van der Waals surface area (Å²) in [5.41, 5.74) is 3.14. The molecule has 2 aliphatic rings. The molecule has 8 nitrogen and oxygen atoms in total. The van der Waals surface area contributed by atoms with E-state index in [1.54, 1.807) is 0 Å². The van der Waals surface area contributed by atoms with Crippen LogP contribution in [0.3, 0.4) is 0 Å². The molecule has 2 aromatic rings. The molecule has 2 fully saturated rings. The van der Waals surface area contributed by atoms with Crippen molar-refractivity contribution < 1.29 is 9.84 Å². The van der Waals surface area contributed by atoms with Gasteiger partial charge in [-0.1, -0.05) is 41.5 Å². The van der Waals surface area contributed by atoms with Crippen LogP contribution in [-0.2, 0) is 4.74 Å². The second kappa shape index (κ2) is 14.8. The summed E-state index contributed by atoms with van der Waals surface area (Å²) in [6.45, 7) is 22.9. The normalized spacial score (nSPS) is 15.4. The third kappa shape index (κ3) is 9.21. The number of nitrogens with zero attached hydrogens (tertiary/aromatic N) is 6. The molecular weight excluding hydrogens is 416 g/mol. The van der Waals surface area contributed by atoms with Crippen LogP contribution >= 0.6 is 0 Å². The molecule has 2 saturated heterocycles. The summed E-state index contributed by atoms with van der Waals surface area (Å²) in [7, 11) is 0. The van der Waals surface area contributed by atoms with E-state index in [0.29, 0.717) is 19.0 Å². The number of ether oxygens (including phenoxy) is 1. The topological polar surface area (TPSA) is 87.5 Å². The Kier molecular flexibility index (Phi) is 12.8. The minimum absolute atomic E-state index is 0.185. The van der Waals surface area contributed by atoms with Gasteiger partial charge < -0.3 is 19.6 Å². The van der Waals surface area contributed by atoms with Crippen LogP contribution in [0.1, 0.15) is 70.4 Å². The molecule has 8 heteroatoms. The van der Waals surface area contributed by atoms with E-state index in [4.69, 9.17) is 9.84 Å². The maximum Gasteiger partial charge on any atom is 0.225 e. The summed E-state index contributed by atoms with van der Waals surface area (Å²) < 4.78 is 5.33. The lowest BCUT2D eigenvalue weighted by Crippen LogP contribution is -2.51. The molecule has 1 N–H and O–H groups in total. The zero-order valence-corrected chi connectivity index (χ0v) is 22.1. The molecular formula is C25H44N6O2. The number of morpholine rings is 1. The molecule has 0 unspecified atom stereocenters. The van der Waals surface area contributed by atoms with Gasteiger partial charge in [-0.3, -0.25) is 0 Å². The molecule has 0 radical (unpaired) electrons. The van der Waals surface area contributed by atoms with E-state index >= 15 is 0 Å². The Morgan fingerprint density at radius 1 is 0.848 bits per heavy atom. The Balaban J connectivity index is 0.000000291. The van der Waals surface area contributed by atoms with Gasteiger partial charge in [0.05, 0.1) is 19.3 Å². The highest BCUT2D eigenvalue weighted by Crippen LogP contribution is 2.19. The van der Waals surface area contributed by atoms with Crippen LogP contribution in [0.15, 0.2) is 12.1 Å². The van der Waals surface area contributed by atoms with E-state index in [1.165, 1.54) is 0 Å². The Hall–Kier alpha value is -2.32. The van der Waals surface area contributed by atoms with Gasteiger partial charge in [-0.25, -0.2) is 19.9 Å². The van der Waals surface area contributed by atoms with Crippen LogP contribution in [0, 0.1) is 20.8 Å². The molecule has 2 aromatic heterocycles. The van der Waals surface area contributed by atoms with Crippen LogP contribution in [0.4, 0.5) is 11.8 Å². The third-order valence-corrected chi connectivity index (χ3v) is 4.89. The lowest BCUT2D eigenvalue weighted by atomic mass is 10.1. The number of aliphatic hydroxyl groups is 1. The number of hydrogen-bond acceptors (Lipinski definition) is 8. The second-order valence-corrected chi connectivity index (χ2v) is 7.96. The highest BCUT2D eigenvalue weighted by Gasteiger charge is 2.25. The highest BCUT2D eigenvalue weighted by atomic mass is 16.5. The van der Waals surface area contributed by atoms with Crippen molar-refractivity contribution >= 4 is 11.8 Å². The zero-order chi connectivity index (χ0) is 25.0. The van der Waals surface area contributed by atoms with Crippen molar-refractivity contribution in [3.05, 3.63) is 35.0 Å². The molecule has 0 spiro atoms. The van der Waals surface area contributed by atoms with E-state index in [0.717, 1.165) is 61.0 Å². The number of hydrogen-bond donors (Lipinski definition) is 1. The summed E-state index contributed by atoms with van der Waals surface area (Å²) in [5.74, 6) is 3.01. The lowest BCUT2D eigenvalue weighted by Gasteiger charge is -2.36. The standard InChI is InChI=1S/C12H19N3O.C9H13N3O.2C2H6/c1-9(2)11-8-10(3)13-12(14-11)15-4-6-16-7-5-15;1-6-3-9(11-7(2)10-6)12-4-8(13)5-12;2*1-2/h8-9H,4-7H2,1-3H3;3,8,13H,4-5H2,1-2H3;2*1-2H3. The monoisotopic (exact) mass is 460 g/mol. The van der Waals surface area contributed by atoms with Crippen molar-refractivity contribution in [1.29, 1.82) is 0 Å². The third-order valence-electron chi connectivity index (χ3n) is 4.89. The van der Waals surface area contributed by atoms with Crippen molar-refractivity contribution in [2.45, 2.75) is 74.3 Å². The van der Waals surface area contributed by atoms with Crippen molar-refractivity contribution in [3.8, 4) is 0 Å². The van der Waals surface area contributed by atoms with Gasteiger partial charge in [0, 0.05) is 49.3 Å². The van der Waals surface area contributed by atoms with Gasteiger partial charge in [-0.2, -0.15) is 0 Å². The van der Waals surface area contributed by atoms with Crippen molar-refractivity contribution in [3.63, 3.8) is 0 Å². The van der Waals surface area contributed by atoms with Crippen LogP contribution in [-0.4, -0.2) is 70.5 Å². The van der Waals surface area contributed by atoms with Gasteiger partial charge in [0.15, 0.2) is 0 Å². The van der Waals surface area contributed by atoms with E-state index in [-0.39, 0.29) is 6.10 Å². The predicted molar refractivity (Wildman–Crippen MR) is 136 cm³/mol. The molecule has 2 aliphatic heterocycles. The van der Waals surface area contributed by atoms with Crippen LogP contribution in [0.2, 0.25) is 0 Å². The number of aliphatic hydroxyl groups excluding tert-OH is 1. The van der Waals surface area contributed by atoms with Crippen LogP contribution < -0.4 is 9.80 Å². The van der Waals surface area contributed by atoms with Gasteiger partial charge in [0.25, 0.3) is 0 Å². The Morgan fingerprint density at radius 2 is 1.42 bits per heavy atom. The maximum absolute atomic E-state index is 9.13. The first-order chi connectivity index (χ1) is 15.8. The van der Waals surface area contributed by atoms with E-state index in [2.05, 4.69) is 44.7 Å². The summed E-state index contributed by atoms with van der Waals surface area (Å²) >= 11 is 0. The number of anilines is 2. The average Bonchev–Trinajstić information content (AvgIpc) is 2.79. The fourth-order valence-corrected chi connectivity index (χ4v) is 3.28. The first-order valence-corrected chi connectivity index (χ1v) is 12.3. The van der Waals surface area contributed by atoms with Crippen molar-refractivity contribution in [2.24, 2.45) is 0 Å². The summed E-state index contributed by atoms with van der Waals surface area (Å²) in [5, 5.41) is 9.13. The quantitative estimate of drug-likeness (QED) is 0.733. The molecule has 4 heterocycles. The number of aryl methyl sites for hydroxylation is 3. The second-order valence-electron chi connectivity index (χ2n) is 7.96. The van der Waals surface area contributed by atoms with Gasteiger partial charge in [0.1, 0.15) is 11.6 Å². The number of rotatable bonds is 3. The first kappa shape index (κ1) is 28.7. The van der Waals surface area contributed by atoms with Crippen LogP contribution in [0.25, 0.3) is 0 Å². The fourth-order valence-electron chi connectivity index (χ4n) is 3.28. The van der Waals surface area contributed by atoms with Crippen LogP contribution in [0.5, 0.6) is 0 Å². The summed E-state index contributed by atoms with van der Waals surface area (Å²) in [4.78, 5) is 21.8. The number of aromatic nitrogens is 4. The smallest absolute Gasteiger partial charge is 0.225 e. The molecule has 186 valence electrons. The first-order valence-electron chi connectivity index (χ1n) is 12.3. The Morgan fingerprint density at radius 3 is 1.94 bits per heavy atom. The van der Waals surface area contributed by atoms with Crippen molar-refractivity contribution in [1.82, 2.24) is 19.9 Å². The average molecular weight is 461 g/mol. The van der Waals surface area contributed by atoms with Gasteiger partial charge in [0.2, 0.25) is 5.95 Å². The Labute approximate surface area is 200 Å². The number of β-amino-alcohol motifs (C(OH)–C–C–N with tert-alkyl or cyclic N) is 1. The minimum Gasteiger partial charge on any atom is -0.389 e. The molecule has 0 atom stereocenters. The Bertz CT molecular complexity index is 798. The molecule has 0 aromatic carbocycles. The maximum atomic E-state index is 9.13. The minimum atomic E-state index is -0.185. The zero-order valence-electron chi connectivity index (χ0n) is 22.1. The van der Waals surface area contributed by atoms with E-state index < -0.39 is 0 Å². The van der Waals surface area contributed by atoms with Gasteiger partial charge >= 0.3 is 0 Å². The van der Waals surface area contributed by atoms with E-state index in [9.17, 15) is 0 Å². The van der Waals surface area contributed by atoms with Gasteiger partial charge in [-0.15, -0.1) is 0 Å². The molecule has 33 heavy (non-hydrogen) atoms. The predicted octanol–water partition coefficient (Wildman–Crippen LogP) is 4.07. The SMILES string of the molecule is CC.CC.Cc1cc(C(C)C)nc(N2CCOCC2)n1.Cc1cc(N2CC(O)C2)nc(C)n1. The largest absolute Gasteiger partial charge is 0.389 e. The molecule has 0 aliphatic carbocycles. The van der Waals surface area contributed by atoms with E-state index in [1.807, 2.05) is 59.4 Å². The summed E-state index contributed by atoms with van der Waals surface area (Å²) in [6, 6.07) is 4.01. The summed E-state index contributed by atoms with van der Waals surface area (Å²) in [6.07, 6.45) is -0.185.